The number of carbonyl (C=O) groups is 1. The molecule has 0 aliphatic heterocycles. The highest BCUT2D eigenvalue weighted by Crippen LogP contribution is 2.32. The van der Waals surface area contributed by atoms with E-state index in [2.05, 4.69) is 0 Å². The molecule has 0 fully saturated rings. The van der Waals surface area contributed by atoms with Crippen LogP contribution in [0.5, 0.6) is 0 Å². The summed E-state index contributed by atoms with van der Waals surface area (Å²) in [5.74, 6) is -1.14. The second-order valence-corrected chi connectivity index (χ2v) is 8.02. The number of anilines is 2. The van der Waals surface area contributed by atoms with E-state index in [1.807, 2.05) is 0 Å². The molecule has 112 valence electrons. The summed E-state index contributed by atoms with van der Waals surface area (Å²) in [7, 11) is -2.44. The smallest absolute Gasteiger partial charge is 0.335 e. The van der Waals surface area contributed by atoms with Crippen molar-refractivity contribution in [2.24, 2.45) is 0 Å². The Labute approximate surface area is 130 Å². The molecule has 0 unspecified atom stereocenters. The van der Waals surface area contributed by atoms with E-state index < -0.39 is 16.0 Å². The Balaban J connectivity index is 2.44. The van der Waals surface area contributed by atoms with Gasteiger partial charge >= 0.3 is 5.97 Å². The zero-order chi connectivity index (χ0) is 15.8. The summed E-state index contributed by atoms with van der Waals surface area (Å²) in [6.45, 7) is 0. The summed E-state index contributed by atoms with van der Waals surface area (Å²) in [4.78, 5) is 10.9. The Kier molecular flexibility index (Phi) is 4.13. The van der Waals surface area contributed by atoms with Crippen molar-refractivity contribution in [3.05, 3.63) is 40.2 Å². The number of carboxylic acid groups (broad SMARTS) is 1. The molecular weight excluding hydrogens is 336 g/mol. The van der Waals surface area contributed by atoms with E-state index in [0.29, 0.717) is 4.34 Å². The molecule has 0 amide bonds. The fourth-order valence-corrected chi connectivity index (χ4v) is 4.55. The molecule has 0 aliphatic carbocycles. The molecule has 1 heterocycles. The molecule has 0 saturated carbocycles. The maximum Gasteiger partial charge on any atom is 0.335 e. The molecular formula is C12H11ClN2O4S2. The lowest BCUT2D eigenvalue weighted by molar-refractivity contribution is 0.0697. The number of sulfonamides is 1. The minimum absolute atomic E-state index is 0.0128. The summed E-state index contributed by atoms with van der Waals surface area (Å²) in [5, 5.41) is 8.88. The lowest BCUT2D eigenvalue weighted by atomic mass is 10.2. The zero-order valence-corrected chi connectivity index (χ0v) is 13.2. The molecule has 2 aromatic rings. The molecule has 1 aromatic heterocycles. The highest BCUT2D eigenvalue weighted by atomic mass is 35.5. The normalized spacial score (nSPS) is 11.3. The number of thiophene rings is 1. The largest absolute Gasteiger partial charge is 0.478 e. The van der Waals surface area contributed by atoms with Gasteiger partial charge in [-0.25, -0.2) is 13.2 Å². The molecule has 6 nitrogen and oxygen atoms in total. The minimum atomic E-state index is -3.79. The van der Waals surface area contributed by atoms with Gasteiger partial charge in [-0.1, -0.05) is 11.6 Å². The summed E-state index contributed by atoms with van der Waals surface area (Å²) in [5.41, 5.74) is 5.99. The monoisotopic (exact) mass is 346 g/mol. The predicted molar refractivity (Wildman–Crippen MR) is 82.7 cm³/mol. The average Bonchev–Trinajstić information content (AvgIpc) is 2.85. The summed E-state index contributed by atoms with van der Waals surface area (Å²) >= 11 is 6.68. The molecule has 0 aliphatic rings. The van der Waals surface area contributed by atoms with Crippen molar-refractivity contribution in [3.8, 4) is 0 Å². The van der Waals surface area contributed by atoms with Gasteiger partial charge in [0.15, 0.2) is 0 Å². The van der Waals surface area contributed by atoms with E-state index in [0.717, 1.165) is 15.6 Å². The van der Waals surface area contributed by atoms with Crippen LogP contribution in [0, 0.1) is 0 Å². The zero-order valence-electron chi connectivity index (χ0n) is 10.8. The molecule has 3 N–H and O–H groups in total. The number of aromatic carboxylic acids is 1. The number of benzene rings is 1. The van der Waals surface area contributed by atoms with Crippen LogP contribution in [-0.4, -0.2) is 26.5 Å². The van der Waals surface area contributed by atoms with Crippen molar-refractivity contribution in [1.29, 1.82) is 0 Å². The van der Waals surface area contributed by atoms with E-state index in [4.69, 9.17) is 22.4 Å². The number of hydrogen-bond donors (Lipinski definition) is 2. The molecule has 0 saturated heterocycles. The topological polar surface area (TPSA) is 101 Å². The maximum atomic E-state index is 12.4. The van der Waals surface area contributed by atoms with Gasteiger partial charge in [0.1, 0.15) is 4.21 Å². The van der Waals surface area contributed by atoms with Gasteiger partial charge in [0.05, 0.1) is 21.3 Å². The van der Waals surface area contributed by atoms with Gasteiger partial charge in [-0.05, 0) is 30.3 Å². The summed E-state index contributed by atoms with van der Waals surface area (Å²) in [6.07, 6.45) is 0. The van der Waals surface area contributed by atoms with Crippen LogP contribution in [0.4, 0.5) is 11.4 Å². The molecule has 21 heavy (non-hydrogen) atoms. The first-order chi connectivity index (χ1) is 9.73. The molecule has 0 radical (unpaired) electrons. The van der Waals surface area contributed by atoms with Crippen LogP contribution >= 0.6 is 22.9 Å². The average molecular weight is 347 g/mol. The van der Waals surface area contributed by atoms with Gasteiger partial charge in [-0.3, -0.25) is 4.31 Å². The number of hydrogen-bond acceptors (Lipinski definition) is 5. The first-order valence-corrected chi connectivity index (χ1v) is 8.24. The number of nitrogen functional groups attached to an aromatic ring is 1. The van der Waals surface area contributed by atoms with E-state index in [-0.39, 0.29) is 21.1 Å². The van der Waals surface area contributed by atoms with Crippen LogP contribution in [-0.2, 0) is 10.0 Å². The van der Waals surface area contributed by atoms with Crippen molar-refractivity contribution >= 4 is 50.3 Å². The van der Waals surface area contributed by atoms with Crippen LogP contribution < -0.4 is 10.0 Å². The Morgan fingerprint density at radius 3 is 2.48 bits per heavy atom. The highest BCUT2D eigenvalue weighted by Gasteiger charge is 2.25. The summed E-state index contributed by atoms with van der Waals surface area (Å²) in [6, 6.07) is 6.75. The first kappa shape index (κ1) is 15.6. The van der Waals surface area contributed by atoms with Crippen LogP contribution in [0.2, 0.25) is 4.34 Å². The van der Waals surface area contributed by atoms with Crippen molar-refractivity contribution in [2.75, 3.05) is 17.1 Å². The van der Waals surface area contributed by atoms with Crippen LogP contribution in [0.25, 0.3) is 0 Å². The van der Waals surface area contributed by atoms with Gasteiger partial charge in [0.2, 0.25) is 0 Å². The van der Waals surface area contributed by atoms with Crippen molar-refractivity contribution in [1.82, 2.24) is 0 Å². The number of carboxylic acids is 1. The van der Waals surface area contributed by atoms with Gasteiger partial charge in [-0.15, -0.1) is 11.3 Å². The SMILES string of the molecule is CN(c1ccc(C(=O)O)cc1N)S(=O)(=O)c1ccc(Cl)s1. The van der Waals surface area contributed by atoms with Crippen LogP contribution in [0.3, 0.4) is 0 Å². The van der Waals surface area contributed by atoms with Gasteiger partial charge < -0.3 is 10.8 Å². The fourth-order valence-electron chi connectivity index (χ4n) is 1.68. The quantitative estimate of drug-likeness (QED) is 0.828. The van der Waals surface area contributed by atoms with Crippen molar-refractivity contribution in [2.45, 2.75) is 4.21 Å². The number of halogens is 1. The third-order valence-electron chi connectivity index (χ3n) is 2.78. The Morgan fingerprint density at radius 1 is 1.33 bits per heavy atom. The maximum absolute atomic E-state index is 12.4. The molecule has 0 atom stereocenters. The van der Waals surface area contributed by atoms with E-state index in [1.165, 1.54) is 37.4 Å². The van der Waals surface area contributed by atoms with E-state index >= 15 is 0 Å². The Hall–Kier alpha value is -1.77. The lowest BCUT2D eigenvalue weighted by Gasteiger charge is -2.20. The van der Waals surface area contributed by atoms with Gasteiger partial charge in [-0.2, -0.15) is 0 Å². The van der Waals surface area contributed by atoms with Crippen LogP contribution in [0.1, 0.15) is 10.4 Å². The van der Waals surface area contributed by atoms with Crippen molar-refractivity contribution < 1.29 is 18.3 Å². The molecule has 2 rings (SSSR count). The van der Waals surface area contributed by atoms with E-state index in [9.17, 15) is 13.2 Å². The summed E-state index contributed by atoms with van der Waals surface area (Å²) < 4.78 is 26.3. The highest BCUT2D eigenvalue weighted by molar-refractivity contribution is 7.94. The molecule has 0 bridgehead atoms. The Morgan fingerprint density at radius 2 is 2.00 bits per heavy atom. The molecule has 9 heteroatoms. The van der Waals surface area contributed by atoms with E-state index in [1.54, 1.807) is 0 Å². The van der Waals surface area contributed by atoms with Crippen LogP contribution in [0.15, 0.2) is 34.5 Å². The van der Waals surface area contributed by atoms with Gasteiger partial charge in [0, 0.05) is 7.05 Å². The van der Waals surface area contributed by atoms with Gasteiger partial charge in [0.25, 0.3) is 10.0 Å². The molecule has 1 aromatic carbocycles. The second-order valence-electron chi connectivity index (χ2n) is 4.11. The number of rotatable bonds is 4. The second kappa shape index (κ2) is 5.55. The standard InChI is InChI=1S/C12H11ClN2O4S2/c1-15(21(18,19)11-5-4-10(13)20-11)9-3-2-7(12(16)17)6-8(9)14/h2-6H,14H2,1H3,(H,16,17). The number of nitrogens with two attached hydrogens (primary N) is 1. The lowest BCUT2D eigenvalue weighted by Crippen LogP contribution is -2.26. The third-order valence-corrected chi connectivity index (χ3v) is 6.25. The number of nitrogens with zero attached hydrogens (tertiary/aromatic N) is 1. The third kappa shape index (κ3) is 2.97. The fraction of sp³-hybridized carbons (Fsp3) is 0.0833. The molecule has 0 spiro atoms. The van der Waals surface area contributed by atoms with Crippen molar-refractivity contribution in [3.63, 3.8) is 0 Å². The first-order valence-electron chi connectivity index (χ1n) is 5.60. The Bertz CT molecular complexity index is 801. The predicted octanol–water partition coefficient (Wildman–Crippen LogP) is 2.51. The minimum Gasteiger partial charge on any atom is -0.478 e.